The zero-order valence-electron chi connectivity index (χ0n) is 13.5. The zero-order valence-corrected chi connectivity index (χ0v) is 14.3. The molecule has 0 unspecified atom stereocenters. The molecule has 2 N–H and O–H groups in total. The number of hydrogen-bond acceptors (Lipinski definition) is 3. The van der Waals surface area contributed by atoms with E-state index >= 15 is 0 Å². The number of benzene rings is 2. The molecule has 0 saturated carbocycles. The Hall–Kier alpha value is -2.04. The first-order valence-electron chi connectivity index (χ1n) is 7.50. The van der Waals surface area contributed by atoms with Crippen LogP contribution in [0.3, 0.4) is 0 Å². The van der Waals surface area contributed by atoms with E-state index in [0.29, 0.717) is 29.4 Å². The van der Waals surface area contributed by atoms with Gasteiger partial charge in [0.15, 0.2) is 0 Å². The third-order valence-electron chi connectivity index (χ3n) is 3.54. The molecule has 2 aromatic rings. The van der Waals surface area contributed by atoms with Gasteiger partial charge in [0.1, 0.15) is 0 Å². The molecule has 2 aromatic carbocycles. The van der Waals surface area contributed by atoms with Crippen molar-refractivity contribution in [3.63, 3.8) is 0 Å². The van der Waals surface area contributed by atoms with E-state index in [2.05, 4.69) is 4.90 Å². The van der Waals surface area contributed by atoms with Crippen LogP contribution in [-0.4, -0.2) is 42.9 Å². The molecule has 0 atom stereocenters. The number of hydrogen-bond donors (Lipinski definition) is 1. The van der Waals surface area contributed by atoms with Crippen LogP contribution in [0.1, 0.15) is 15.9 Å². The minimum atomic E-state index is -0.0827. The Morgan fingerprint density at radius 1 is 1.09 bits per heavy atom. The molecule has 2 rings (SSSR count). The van der Waals surface area contributed by atoms with Crippen LogP contribution < -0.4 is 5.73 Å². The number of carbonyl (C=O) groups is 1. The van der Waals surface area contributed by atoms with E-state index in [1.54, 1.807) is 18.2 Å². The highest BCUT2D eigenvalue weighted by Gasteiger charge is 2.19. The molecule has 0 saturated heterocycles. The molecule has 4 nitrogen and oxygen atoms in total. The number of carbonyl (C=O) groups excluding carboxylic acids is 1. The summed E-state index contributed by atoms with van der Waals surface area (Å²) in [5.74, 6) is -0.0827. The number of nitrogens with zero attached hydrogens (tertiary/aromatic N) is 2. The molecule has 0 bridgehead atoms. The lowest BCUT2D eigenvalue weighted by molar-refractivity contribution is 0.0732. The van der Waals surface area contributed by atoms with Gasteiger partial charge in [-0.3, -0.25) is 4.79 Å². The topological polar surface area (TPSA) is 49.6 Å². The van der Waals surface area contributed by atoms with Crippen LogP contribution in [0.5, 0.6) is 0 Å². The van der Waals surface area contributed by atoms with Crippen molar-refractivity contribution in [2.24, 2.45) is 0 Å². The van der Waals surface area contributed by atoms with E-state index in [1.807, 2.05) is 49.3 Å². The standard InChI is InChI=1S/C18H22ClN3O/c1-21(2)10-11-22(13-14-6-4-3-5-7-14)18(23)16-9-8-15(20)12-17(16)19/h3-9,12H,10-11,13,20H2,1-2H3. The van der Waals surface area contributed by atoms with Crippen molar-refractivity contribution < 1.29 is 4.79 Å². The predicted molar refractivity (Wildman–Crippen MR) is 95.6 cm³/mol. The summed E-state index contributed by atoms with van der Waals surface area (Å²) in [4.78, 5) is 16.7. The number of halogens is 1. The van der Waals surface area contributed by atoms with Gasteiger partial charge in [0.25, 0.3) is 5.91 Å². The molecule has 0 fully saturated rings. The second-order valence-electron chi connectivity index (χ2n) is 5.75. The molecule has 0 radical (unpaired) electrons. The predicted octanol–water partition coefficient (Wildman–Crippen LogP) is 3.13. The Kier molecular flexibility index (Phi) is 6.02. The quantitative estimate of drug-likeness (QED) is 0.827. The summed E-state index contributed by atoms with van der Waals surface area (Å²) >= 11 is 6.20. The second kappa shape index (κ2) is 7.99. The molecule has 0 spiro atoms. The minimum absolute atomic E-state index is 0.0827. The molecule has 0 aliphatic rings. The van der Waals surface area contributed by atoms with E-state index < -0.39 is 0 Å². The van der Waals surface area contributed by atoms with Crippen molar-refractivity contribution in [1.82, 2.24) is 9.80 Å². The lowest BCUT2D eigenvalue weighted by Gasteiger charge is -2.25. The van der Waals surface area contributed by atoms with Gasteiger partial charge in [0, 0.05) is 25.3 Å². The van der Waals surface area contributed by atoms with Gasteiger partial charge in [-0.2, -0.15) is 0 Å². The number of rotatable bonds is 6. The number of nitrogen functional groups attached to an aromatic ring is 1. The van der Waals surface area contributed by atoms with Gasteiger partial charge < -0.3 is 15.5 Å². The van der Waals surface area contributed by atoms with Gasteiger partial charge in [-0.1, -0.05) is 41.9 Å². The minimum Gasteiger partial charge on any atom is -0.399 e. The van der Waals surface area contributed by atoms with Gasteiger partial charge in [0.2, 0.25) is 0 Å². The molecular weight excluding hydrogens is 310 g/mol. The van der Waals surface area contributed by atoms with Gasteiger partial charge in [0.05, 0.1) is 10.6 Å². The summed E-state index contributed by atoms with van der Waals surface area (Å²) in [6.45, 7) is 1.96. The average molecular weight is 332 g/mol. The van der Waals surface area contributed by atoms with Crippen molar-refractivity contribution in [3.8, 4) is 0 Å². The molecule has 0 aromatic heterocycles. The normalized spacial score (nSPS) is 10.8. The van der Waals surface area contributed by atoms with E-state index in [-0.39, 0.29) is 5.91 Å². The number of amides is 1. The fourth-order valence-corrected chi connectivity index (χ4v) is 2.52. The second-order valence-corrected chi connectivity index (χ2v) is 6.16. The Morgan fingerprint density at radius 3 is 2.39 bits per heavy atom. The Labute approximate surface area is 142 Å². The summed E-state index contributed by atoms with van der Waals surface area (Å²) in [6.07, 6.45) is 0. The monoisotopic (exact) mass is 331 g/mol. The number of likely N-dealkylation sites (N-methyl/N-ethyl adjacent to an activating group) is 1. The van der Waals surface area contributed by atoms with Crippen LogP contribution >= 0.6 is 11.6 Å². The Morgan fingerprint density at radius 2 is 1.78 bits per heavy atom. The maximum absolute atomic E-state index is 12.9. The summed E-state index contributed by atoms with van der Waals surface area (Å²) < 4.78 is 0. The third-order valence-corrected chi connectivity index (χ3v) is 3.86. The van der Waals surface area contributed by atoms with Crippen molar-refractivity contribution in [3.05, 3.63) is 64.7 Å². The van der Waals surface area contributed by atoms with Crippen LogP contribution in [0.25, 0.3) is 0 Å². The number of nitrogens with two attached hydrogens (primary N) is 1. The highest BCUT2D eigenvalue weighted by atomic mass is 35.5. The molecule has 122 valence electrons. The van der Waals surface area contributed by atoms with Crippen molar-refractivity contribution in [2.75, 3.05) is 32.9 Å². The fraction of sp³-hybridized carbons (Fsp3) is 0.278. The van der Waals surface area contributed by atoms with E-state index in [4.69, 9.17) is 17.3 Å². The lowest BCUT2D eigenvalue weighted by atomic mass is 10.1. The fourth-order valence-electron chi connectivity index (χ4n) is 2.25. The Balaban J connectivity index is 2.22. The van der Waals surface area contributed by atoms with Gasteiger partial charge in [-0.05, 0) is 37.9 Å². The van der Waals surface area contributed by atoms with Crippen LogP contribution in [0.2, 0.25) is 5.02 Å². The molecule has 5 heteroatoms. The first-order valence-corrected chi connectivity index (χ1v) is 7.88. The Bertz CT molecular complexity index is 659. The van der Waals surface area contributed by atoms with Crippen LogP contribution in [0, 0.1) is 0 Å². The van der Waals surface area contributed by atoms with Crippen LogP contribution in [-0.2, 0) is 6.54 Å². The lowest BCUT2D eigenvalue weighted by Crippen LogP contribution is -2.36. The van der Waals surface area contributed by atoms with Gasteiger partial charge in [-0.25, -0.2) is 0 Å². The largest absolute Gasteiger partial charge is 0.399 e. The van der Waals surface area contributed by atoms with Crippen molar-refractivity contribution in [1.29, 1.82) is 0 Å². The highest BCUT2D eigenvalue weighted by Crippen LogP contribution is 2.21. The van der Waals surface area contributed by atoms with Crippen LogP contribution in [0.4, 0.5) is 5.69 Å². The van der Waals surface area contributed by atoms with Gasteiger partial charge in [-0.15, -0.1) is 0 Å². The van der Waals surface area contributed by atoms with Crippen molar-refractivity contribution in [2.45, 2.75) is 6.54 Å². The summed E-state index contributed by atoms with van der Waals surface area (Å²) in [5.41, 5.74) is 7.83. The first-order chi connectivity index (χ1) is 11.0. The summed E-state index contributed by atoms with van der Waals surface area (Å²) in [5, 5.41) is 0.387. The van der Waals surface area contributed by atoms with Gasteiger partial charge >= 0.3 is 0 Å². The van der Waals surface area contributed by atoms with Crippen molar-refractivity contribution >= 4 is 23.2 Å². The molecule has 1 amide bonds. The zero-order chi connectivity index (χ0) is 16.8. The first kappa shape index (κ1) is 17.3. The number of anilines is 1. The molecular formula is C18H22ClN3O. The van der Waals surface area contributed by atoms with E-state index in [9.17, 15) is 4.79 Å². The molecule has 0 aliphatic heterocycles. The molecule has 0 heterocycles. The van der Waals surface area contributed by atoms with E-state index in [0.717, 1.165) is 12.1 Å². The summed E-state index contributed by atoms with van der Waals surface area (Å²) in [7, 11) is 3.97. The smallest absolute Gasteiger partial charge is 0.255 e. The highest BCUT2D eigenvalue weighted by molar-refractivity contribution is 6.34. The van der Waals surface area contributed by atoms with Crippen LogP contribution in [0.15, 0.2) is 48.5 Å². The third kappa shape index (κ3) is 4.98. The summed E-state index contributed by atoms with van der Waals surface area (Å²) in [6, 6.07) is 14.9. The molecule has 23 heavy (non-hydrogen) atoms. The molecule has 0 aliphatic carbocycles. The SMILES string of the molecule is CN(C)CCN(Cc1ccccc1)C(=O)c1ccc(N)cc1Cl. The van der Waals surface area contributed by atoms with E-state index in [1.165, 1.54) is 0 Å². The maximum atomic E-state index is 12.9. The maximum Gasteiger partial charge on any atom is 0.255 e. The average Bonchev–Trinajstić information content (AvgIpc) is 2.51.